The number of carbonyl (C=O) groups is 15. The molecular formula is C61H89N15O18S. The van der Waals surface area contributed by atoms with Crippen LogP contribution in [0.1, 0.15) is 104 Å². The van der Waals surface area contributed by atoms with E-state index in [9.17, 15) is 87.2 Å². The van der Waals surface area contributed by atoms with Crippen LogP contribution in [-0.2, 0) is 84.8 Å². The molecule has 12 atom stereocenters. The molecule has 0 saturated carbocycles. The number of carboxylic acids is 2. The number of aliphatic hydroxyl groups is 1. The molecule has 0 spiro atoms. The average molecular weight is 1350 g/mol. The molecule has 0 aliphatic rings. The highest BCUT2D eigenvalue weighted by atomic mass is 32.2. The number of thioether (sulfide) groups is 1. The highest BCUT2D eigenvalue weighted by molar-refractivity contribution is 7.98. The fourth-order valence-electron chi connectivity index (χ4n) is 9.53. The minimum Gasteiger partial charge on any atom is -0.481 e. The Kier molecular flexibility index (Phi) is 32.7. The van der Waals surface area contributed by atoms with E-state index in [0.29, 0.717) is 22.0 Å². The number of para-hydroxylation sites is 1. The second-order valence-corrected chi connectivity index (χ2v) is 24.5. The van der Waals surface area contributed by atoms with E-state index in [2.05, 4.69) is 58.2 Å². The number of amides is 13. The maximum Gasteiger partial charge on any atom is 0.328 e. The Bertz CT molecular complexity index is 3220. The zero-order valence-corrected chi connectivity index (χ0v) is 54.6. The van der Waals surface area contributed by atoms with Gasteiger partial charge in [0.15, 0.2) is 6.04 Å². The van der Waals surface area contributed by atoms with Gasteiger partial charge in [-0.3, -0.25) is 67.1 Å². The average Bonchev–Trinajstić information content (AvgIpc) is 1.74. The normalized spacial score (nSPS) is 15.0. The van der Waals surface area contributed by atoms with Crippen molar-refractivity contribution in [1.29, 1.82) is 0 Å². The van der Waals surface area contributed by atoms with E-state index in [-0.39, 0.29) is 43.8 Å². The largest absolute Gasteiger partial charge is 0.481 e. The van der Waals surface area contributed by atoms with Gasteiger partial charge in [0, 0.05) is 42.8 Å². The number of aliphatic carboxylic acids is 2. The van der Waals surface area contributed by atoms with Crippen molar-refractivity contribution in [3.63, 3.8) is 0 Å². The first-order chi connectivity index (χ1) is 44.6. The first-order valence-corrected chi connectivity index (χ1v) is 31.9. The van der Waals surface area contributed by atoms with Crippen LogP contribution in [0.5, 0.6) is 0 Å². The van der Waals surface area contributed by atoms with Crippen molar-refractivity contribution in [2.75, 3.05) is 12.0 Å². The molecule has 95 heavy (non-hydrogen) atoms. The SMILES string of the molecule is CSCC[C@H](NC(=O)[C@H](CC(C)C)NC(=O)[C@H](Cc1c[nH]c2ccccc12)NC(=O)[C@H](CCC(N)=O)NC(=O)[C@@H](NC(=O)[C@H](Cc1ccccc1)NC(=O)[C@H](CC(=O)O)NC(=O)[C@H](CCC(N)=O)NC(=O)[C@H](C)N)C(C)C)C(=O)N[C@@H](CC(N)=O)C(=O)N[C@H](C(=O)O)[C@@H](C)O. The Labute approximate surface area is 551 Å². The van der Waals surface area contributed by atoms with Gasteiger partial charge in [0.2, 0.25) is 76.8 Å². The molecule has 0 aliphatic carbocycles. The van der Waals surface area contributed by atoms with Crippen molar-refractivity contribution >= 4 is 111 Å². The minimum absolute atomic E-state index is 0.0736. The lowest BCUT2D eigenvalue weighted by Crippen LogP contribution is -2.62. The molecule has 0 unspecified atom stereocenters. The number of primary amides is 3. The number of carboxylic acid groups (broad SMARTS) is 2. The van der Waals surface area contributed by atoms with Crippen molar-refractivity contribution in [2.45, 2.75) is 178 Å². The number of aliphatic hydroxyl groups excluding tert-OH is 1. The van der Waals surface area contributed by atoms with Gasteiger partial charge in [0.05, 0.1) is 25.0 Å². The molecule has 0 bridgehead atoms. The van der Waals surface area contributed by atoms with Crippen LogP contribution in [-0.4, -0.2) is 194 Å². The summed E-state index contributed by atoms with van der Waals surface area (Å²) in [6.07, 6.45) is -2.71. The van der Waals surface area contributed by atoms with Gasteiger partial charge in [-0.15, -0.1) is 0 Å². The molecule has 22 N–H and O–H groups in total. The van der Waals surface area contributed by atoms with Gasteiger partial charge >= 0.3 is 11.9 Å². The molecule has 33 nitrogen and oxygen atoms in total. The lowest BCUT2D eigenvalue weighted by molar-refractivity contribution is -0.145. The quantitative estimate of drug-likeness (QED) is 0.0257. The van der Waals surface area contributed by atoms with Crippen molar-refractivity contribution in [3.05, 3.63) is 71.9 Å². The number of fused-ring (bicyclic) bond motifs is 1. The van der Waals surface area contributed by atoms with Crippen molar-refractivity contribution < 1.29 is 87.2 Å². The Balaban J connectivity index is 2.04. The molecule has 3 rings (SSSR count). The molecule has 0 saturated heterocycles. The molecule has 1 heterocycles. The summed E-state index contributed by atoms with van der Waals surface area (Å²) < 4.78 is 0. The van der Waals surface area contributed by atoms with Crippen LogP contribution in [0.2, 0.25) is 0 Å². The molecule has 522 valence electrons. The number of carbonyl (C=O) groups excluding carboxylic acids is 13. The number of nitrogens with one attached hydrogen (secondary N) is 11. The van der Waals surface area contributed by atoms with E-state index in [1.807, 2.05) is 0 Å². The maximum atomic E-state index is 14.9. The van der Waals surface area contributed by atoms with E-state index in [0.717, 1.165) is 6.92 Å². The van der Waals surface area contributed by atoms with Gasteiger partial charge in [0.1, 0.15) is 54.4 Å². The molecule has 34 heteroatoms. The van der Waals surface area contributed by atoms with Crippen LogP contribution in [0, 0.1) is 11.8 Å². The molecule has 0 aliphatic heterocycles. The smallest absolute Gasteiger partial charge is 0.328 e. The maximum absolute atomic E-state index is 14.9. The van der Waals surface area contributed by atoms with Gasteiger partial charge in [-0.2, -0.15) is 11.8 Å². The Morgan fingerprint density at radius 2 is 0.895 bits per heavy atom. The number of rotatable bonds is 42. The summed E-state index contributed by atoms with van der Waals surface area (Å²) >= 11 is 1.27. The third-order valence-electron chi connectivity index (χ3n) is 14.6. The first-order valence-electron chi connectivity index (χ1n) is 30.5. The predicted molar refractivity (Wildman–Crippen MR) is 345 cm³/mol. The number of H-pyrrole nitrogens is 1. The Morgan fingerprint density at radius 1 is 0.474 bits per heavy atom. The second-order valence-electron chi connectivity index (χ2n) is 23.5. The predicted octanol–water partition coefficient (Wildman–Crippen LogP) is -4.05. The van der Waals surface area contributed by atoms with Gasteiger partial charge < -0.3 is 96.4 Å². The standard InChI is InChI=1S/C61H89N15O18S/c1-29(2)23-40(55(87)68-39(21-22-95-7)54(86)73-43(26-47(65)80)59(91)76-50(32(6)77)61(93)94)70-56(88)42(25-34-28-66-36-16-12-11-15-35(34)36)72-53(85)38(18-20-46(64)79)69-60(92)49(30(3)4)75-58(90)41(24-33-13-9-8-10-14-33)71-57(89)44(27-48(81)82)74-52(84)37(17-19-45(63)78)67-51(83)31(5)62/h8-16,28-32,37-44,49-50,66,77H,17-27,62H2,1-7H3,(H2,63,78)(H2,64,79)(H2,65,80)(H,67,83)(H,68,87)(H,69,92)(H,70,88)(H,71,89)(H,72,85)(H,73,86)(H,74,84)(H,75,90)(H,76,91)(H,81,82)(H,93,94)/t31-,32+,37-,38-,39-,40-,41-,42-,43-,44-,49-,50-/m0/s1. The summed E-state index contributed by atoms with van der Waals surface area (Å²) in [7, 11) is 0. The molecule has 0 radical (unpaired) electrons. The summed E-state index contributed by atoms with van der Waals surface area (Å²) in [6.45, 7) is 8.88. The van der Waals surface area contributed by atoms with Crippen LogP contribution in [0.25, 0.3) is 10.9 Å². The lowest BCUT2D eigenvalue weighted by Gasteiger charge is -2.29. The Hall–Kier alpha value is -9.70. The molecular weight excluding hydrogens is 1260 g/mol. The van der Waals surface area contributed by atoms with Crippen LogP contribution >= 0.6 is 11.8 Å². The number of benzene rings is 2. The van der Waals surface area contributed by atoms with E-state index in [1.165, 1.54) is 32.5 Å². The third kappa shape index (κ3) is 27.4. The van der Waals surface area contributed by atoms with Crippen LogP contribution in [0.3, 0.4) is 0 Å². The van der Waals surface area contributed by atoms with Gasteiger partial charge in [-0.25, -0.2) is 4.79 Å². The van der Waals surface area contributed by atoms with Crippen molar-refractivity contribution in [2.24, 2.45) is 34.8 Å². The molecule has 13 amide bonds. The van der Waals surface area contributed by atoms with E-state index in [4.69, 9.17) is 22.9 Å². The fourth-order valence-corrected chi connectivity index (χ4v) is 10.0. The van der Waals surface area contributed by atoms with Gasteiger partial charge in [-0.05, 0) is 80.6 Å². The Morgan fingerprint density at radius 3 is 1.39 bits per heavy atom. The second kappa shape index (κ2) is 39.1. The van der Waals surface area contributed by atoms with Crippen LogP contribution < -0.4 is 76.1 Å². The fraction of sp³-hybridized carbons (Fsp3) is 0.525. The summed E-state index contributed by atoms with van der Waals surface area (Å²) in [4.78, 5) is 204. The van der Waals surface area contributed by atoms with E-state index in [1.54, 1.807) is 80.9 Å². The van der Waals surface area contributed by atoms with E-state index < -0.39 is 199 Å². The summed E-state index contributed by atoms with van der Waals surface area (Å²) in [5, 5.41) is 54.4. The molecule has 0 fully saturated rings. The number of aromatic amines is 1. The number of aromatic nitrogens is 1. The highest BCUT2D eigenvalue weighted by Crippen LogP contribution is 2.20. The summed E-state index contributed by atoms with van der Waals surface area (Å²) in [5.41, 5.74) is 23.4. The summed E-state index contributed by atoms with van der Waals surface area (Å²) in [5.74, 6) is -17.3. The van der Waals surface area contributed by atoms with Crippen LogP contribution in [0.4, 0.5) is 0 Å². The van der Waals surface area contributed by atoms with Crippen LogP contribution in [0.15, 0.2) is 60.8 Å². The monoisotopic (exact) mass is 1350 g/mol. The third-order valence-corrected chi connectivity index (χ3v) is 15.3. The van der Waals surface area contributed by atoms with E-state index >= 15 is 0 Å². The number of nitrogens with two attached hydrogens (primary N) is 4. The van der Waals surface area contributed by atoms with Gasteiger partial charge in [-0.1, -0.05) is 76.2 Å². The summed E-state index contributed by atoms with van der Waals surface area (Å²) in [6, 6.07) is -2.52. The molecule has 2 aromatic carbocycles. The first kappa shape index (κ1) is 79.5. The molecule has 3 aromatic rings. The minimum atomic E-state index is -1.91. The zero-order chi connectivity index (χ0) is 71.4. The lowest BCUT2D eigenvalue weighted by atomic mass is 9.99. The van der Waals surface area contributed by atoms with Crippen molar-refractivity contribution in [3.8, 4) is 0 Å². The number of hydrogen-bond acceptors (Lipinski definition) is 18. The highest BCUT2D eigenvalue weighted by Gasteiger charge is 2.38. The molecule has 1 aromatic heterocycles. The van der Waals surface area contributed by atoms with Gasteiger partial charge in [0.25, 0.3) is 0 Å². The zero-order valence-electron chi connectivity index (χ0n) is 53.8. The van der Waals surface area contributed by atoms with Crippen molar-refractivity contribution in [1.82, 2.24) is 58.2 Å². The topological polar surface area (TPSA) is 557 Å². The number of hydrogen-bond donors (Lipinski definition) is 18.